The van der Waals surface area contributed by atoms with Gasteiger partial charge in [-0.3, -0.25) is 0 Å². The van der Waals surface area contributed by atoms with E-state index in [1.165, 1.54) is 0 Å². The molecule has 0 atom stereocenters. The Balaban J connectivity index is 2.21. The molecule has 0 amide bonds. The van der Waals surface area contributed by atoms with Crippen molar-refractivity contribution in [3.05, 3.63) is 82.1 Å². The molecule has 6 nitrogen and oxygen atoms in total. The number of aromatic nitrogens is 1. The van der Waals surface area contributed by atoms with Gasteiger partial charge in [0.05, 0.1) is 30.0 Å². The summed E-state index contributed by atoms with van der Waals surface area (Å²) in [6.07, 6.45) is 1.16. The monoisotopic (exact) mass is 530 g/mol. The lowest BCUT2D eigenvalue weighted by Gasteiger charge is -2.15. The maximum absolute atomic E-state index is 13.2. The van der Waals surface area contributed by atoms with Gasteiger partial charge in [0.15, 0.2) is 0 Å². The topological polar surface area (TPSA) is 81.3 Å². The molecule has 4 rings (SSSR count). The Bertz CT molecular complexity index is 1480. The van der Waals surface area contributed by atoms with Gasteiger partial charge >= 0.3 is 11.9 Å². The summed E-state index contributed by atoms with van der Waals surface area (Å²) in [5, 5.41) is 11.7. The zero-order valence-corrected chi connectivity index (χ0v) is 21.2. The molecule has 0 aliphatic heterocycles. The molecule has 0 fully saturated rings. The third kappa shape index (κ3) is 4.33. The SMILES string of the molecule is CCOC(=O)C=C(C(=O)OCC)c1c2c(C#N)c3cccccc-3c2c(C)n1-c1ccc(Br)cc1. The molecule has 0 saturated heterocycles. The van der Waals surface area contributed by atoms with E-state index >= 15 is 0 Å². The average Bonchev–Trinajstić information content (AvgIpc) is 3.17. The van der Waals surface area contributed by atoms with Gasteiger partial charge in [0.25, 0.3) is 0 Å². The number of hydrogen-bond acceptors (Lipinski definition) is 5. The van der Waals surface area contributed by atoms with Gasteiger partial charge in [-0.15, -0.1) is 0 Å². The lowest BCUT2D eigenvalue weighted by Crippen LogP contribution is -2.14. The fraction of sp³-hybridized carbons (Fsp3) is 0.179. The van der Waals surface area contributed by atoms with Gasteiger partial charge in [0.1, 0.15) is 6.07 Å². The summed E-state index contributed by atoms with van der Waals surface area (Å²) in [6, 6.07) is 19.5. The molecule has 0 bridgehead atoms. The quantitative estimate of drug-likeness (QED) is 0.219. The van der Waals surface area contributed by atoms with E-state index in [0.29, 0.717) is 16.6 Å². The summed E-state index contributed by atoms with van der Waals surface area (Å²) in [6.45, 7) is 5.62. The van der Waals surface area contributed by atoms with E-state index < -0.39 is 11.9 Å². The number of nitriles is 1. The number of rotatable bonds is 6. The predicted molar refractivity (Wildman–Crippen MR) is 138 cm³/mol. The third-order valence-corrected chi connectivity index (χ3v) is 6.26. The summed E-state index contributed by atoms with van der Waals surface area (Å²) in [5.74, 6) is -1.33. The average molecular weight is 531 g/mol. The first-order valence-electron chi connectivity index (χ1n) is 11.2. The number of ether oxygens (including phenoxy) is 2. The van der Waals surface area contributed by atoms with Crippen molar-refractivity contribution in [2.24, 2.45) is 0 Å². The van der Waals surface area contributed by atoms with Crippen molar-refractivity contribution in [2.75, 3.05) is 13.2 Å². The molecule has 1 aromatic carbocycles. The molecule has 0 unspecified atom stereocenters. The zero-order chi connectivity index (χ0) is 25.1. The molecule has 2 aromatic rings. The van der Waals surface area contributed by atoms with E-state index in [1.807, 2.05) is 66.1 Å². The standard InChI is InChI=1S/C28H23BrN2O4/c1-4-34-24(32)15-22(28(33)35-5-2)27-26-23(16-30)20-9-7-6-8-10-21(20)25(26)17(3)31(27)19-13-11-18(29)12-14-19/h6-15H,4-5H2,1-3H3. The minimum atomic E-state index is -0.669. The van der Waals surface area contributed by atoms with Crippen molar-refractivity contribution in [3.8, 4) is 22.9 Å². The molecule has 0 radical (unpaired) electrons. The highest BCUT2D eigenvalue weighted by molar-refractivity contribution is 9.10. The summed E-state index contributed by atoms with van der Waals surface area (Å²) in [5.41, 5.74) is 4.13. The summed E-state index contributed by atoms with van der Waals surface area (Å²) < 4.78 is 13.3. The van der Waals surface area contributed by atoms with Gasteiger partial charge in [-0.1, -0.05) is 46.3 Å². The smallest absolute Gasteiger partial charge is 0.340 e. The molecule has 0 spiro atoms. The number of carbonyl (C=O) groups excluding carboxylic acids is 2. The van der Waals surface area contributed by atoms with E-state index in [0.717, 1.165) is 38.4 Å². The minimum absolute atomic E-state index is 0.0301. The number of hydrogen-bond donors (Lipinski definition) is 0. The van der Waals surface area contributed by atoms with Crippen molar-refractivity contribution in [3.63, 3.8) is 0 Å². The van der Waals surface area contributed by atoms with Crippen LogP contribution in [-0.4, -0.2) is 29.7 Å². The summed E-state index contributed by atoms with van der Waals surface area (Å²) >= 11 is 3.47. The Labute approximate surface area is 211 Å². The van der Waals surface area contributed by atoms with Crippen LogP contribution >= 0.6 is 15.9 Å². The first-order valence-corrected chi connectivity index (χ1v) is 12.0. The first-order chi connectivity index (χ1) is 16.9. The number of fused-ring (bicyclic) bond motifs is 3. The lowest BCUT2D eigenvalue weighted by molar-refractivity contribution is -0.139. The Hall–Kier alpha value is -3.89. The second-order valence-electron chi connectivity index (χ2n) is 7.75. The first kappa shape index (κ1) is 24.2. The van der Waals surface area contributed by atoms with Crippen LogP contribution in [0.25, 0.3) is 33.2 Å². The molecule has 35 heavy (non-hydrogen) atoms. The Morgan fingerprint density at radius 1 is 0.971 bits per heavy atom. The highest BCUT2D eigenvalue weighted by atomic mass is 79.9. The number of halogens is 1. The van der Waals surface area contributed by atoms with E-state index in [9.17, 15) is 14.9 Å². The number of esters is 2. The molecule has 176 valence electrons. The van der Waals surface area contributed by atoms with Gasteiger partial charge in [-0.25, -0.2) is 9.59 Å². The minimum Gasteiger partial charge on any atom is -0.463 e. The second-order valence-corrected chi connectivity index (χ2v) is 8.67. The zero-order valence-electron chi connectivity index (χ0n) is 19.6. The van der Waals surface area contributed by atoms with Crippen LogP contribution < -0.4 is 0 Å². The van der Waals surface area contributed by atoms with Crippen LogP contribution in [0.2, 0.25) is 0 Å². The van der Waals surface area contributed by atoms with Crippen molar-refractivity contribution >= 4 is 44.2 Å². The number of nitrogens with zero attached hydrogens (tertiary/aromatic N) is 2. The van der Waals surface area contributed by atoms with Gasteiger partial charge in [-0.05, 0) is 50.6 Å². The van der Waals surface area contributed by atoms with Crippen LogP contribution in [0.3, 0.4) is 0 Å². The second kappa shape index (κ2) is 10.2. The molecular weight excluding hydrogens is 508 g/mol. The van der Waals surface area contributed by atoms with Crippen LogP contribution in [0.1, 0.15) is 30.8 Å². The Morgan fingerprint density at radius 2 is 1.63 bits per heavy atom. The van der Waals surface area contributed by atoms with Crippen molar-refractivity contribution in [2.45, 2.75) is 20.8 Å². The van der Waals surface area contributed by atoms with E-state index in [1.54, 1.807) is 13.8 Å². The predicted octanol–water partition coefficient (Wildman–Crippen LogP) is 6.19. The fourth-order valence-electron chi connectivity index (χ4n) is 4.40. The van der Waals surface area contributed by atoms with Crippen molar-refractivity contribution < 1.29 is 19.1 Å². The Morgan fingerprint density at radius 3 is 2.26 bits per heavy atom. The van der Waals surface area contributed by atoms with Gasteiger partial charge < -0.3 is 14.0 Å². The van der Waals surface area contributed by atoms with E-state index in [2.05, 4.69) is 22.0 Å². The molecule has 0 saturated carbocycles. The normalized spacial score (nSPS) is 11.5. The number of benzene rings is 1. The molecule has 0 N–H and O–H groups in total. The van der Waals surface area contributed by atoms with Gasteiger partial charge in [0, 0.05) is 38.3 Å². The molecule has 7 heteroatoms. The molecule has 1 aromatic heterocycles. The third-order valence-electron chi connectivity index (χ3n) is 5.73. The summed E-state index contributed by atoms with van der Waals surface area (Å²) in [7, 11) is 0. The van der Waals surface area contributed by atoms with Crippen LogP contribution in [0.15, 0.2) is 65.1 Å². The van der Waals surface area contributed by atoms with E-state index in [4.69, 9.17) is 9.47 Å². The largest absolute Gasteiger partial charge is 0.463 e. The van der Waals surface area contributed by atoms with Gasteiger partial charge in [0.2, 0.25) is 0 Å². The number of carbonyl (C=O) groups is 2. The van der Waals surface area contributed by atoms with Crippen molar-refractivity contribution in [1.82, 2.24) is 4.57 Å². The van der Waals surface area contributed by atoms with Gasteiger partial charge in [-0.2, -0.15) is 5.26 Å². The highest BCUT2D eigenvalue weighted by Crippen LogP contribution is 2.46. The fourth-order valence-corrected chi connectivity index (χ4v) is 4.66. The number of aryl methyl sites for hydroxylation is 1. The van der Waals surface area contributed by atoms with Crippen LogP contribution in [-0.2, 0) is 19.1 Å². The molecular formula is C28H23BrN2O4. The molecule has 2 aliphatic carbocycles. The maximum atomic E-state index is 13.2. The maximum Gasteiger partial charge on any atom is 0.340 e. The van der Waals surface area contributed by atoms with E-state index in [-0.39, 0.29) is 18.8 Å². The highest BCUT2D eigenvalue weighted by Gasteiger charge is 2.31. The summed E-state index contributed by atoms with van der Waals surface area (Å²) in [4.78, 5) is 25.8. The van der Waals surface area contributed by atoms with Crippen LogP contribution in [0.4, 0.5) is 0 Å². The Kier molecular flexibility index (Phi) is 7.04. The molecule has 1 heterocycles. The van der Waals surface area contributed by atoms with Crippen molar-refractivity contribution in [1.29, 1.82) is 5.26 Å². The lowest BCUT2D eigenvalue weighted by atomic mass is 10.1. The van der Waals surface area contributed by atoms with Crippen LogP contribution in [0, 0.1) is 18.3 Å². The molecule has 2 aliphatic rings. The van der Waals surface area contributed by atoms with Crippen LogP contribution in [0.5, 0.6) is 0 Å².